The fourth-order valence-electron chi connectivity index (χ4n) is 3.45. The van der Waals surface area contributed by atoms with Crippen molar-refractivity contribution in [1.82, 2.24) is 5.32 Å². The molecule has 3 rings (SSSR count). The van der Waals surface area contributed by atoms with E-state index in [2.05, 4.69) is 36.5 Å². The van der Waals surface area contributed by atoms with Crippen molar-refractivity contribution in [3.8, 4) is 5.75 Å². The summed E-state index contributed by atoms with van der Waals surface area (Å²) in [6.45, 7) is 3.24. The van der Waals surface area contributed by atoms with Gasteiger partial charge in [-0.05, 0) is 31.2 Å². The number of fused-ring (bicyclic) bond motifs is 1. The molecular formula is C17H25NO. The van der Waals surface area contributed by atoms with Crippen LogP contribution in [0.4, 0.5) is 0 Å². The molecule has 3 unspecified atom stereocenters. The van der Waals surface area contributed by atoms with E-state index in [-0.39, 0.29) is 0 Å². The Morgan fingerprint density at radius 1 is 1.05 bits per heavy atom. The molecule has 2 aliphatic rings. The van der Waals surface area contributed by atoms with E-state index in [1.807, 2.05) is 0 Å². The van der Waals surface area contributed by atoms with Gasteiger partial charge in [0.05, 0.1) is 6.61 Å². The van der Waals surface area contributed by atoms with Crippen molar-refractivity contribution in [2.75, 3.05) is 6.61 Å². The molecule has 1 N–H and O–H groups in total. The Bertz CT molecular complexity index is 417. The molecule has 19 heavy (non-hydrogen) atoms. The summed E-state index contributed by atoms with van der Waals surface area (Å²) in [5.74, 6) is 1.99. The molecule has 1 aliphatic heterocycles. The van der Waals surface area contributed by atoms with Crippen LogP contribution in [0.25, 0.3) is 0 Å². The fraction of sp³-hybridized carbons (Fsp3) is 0.647. The van der Waals surface area contributed by atoms with E-state index in [0.29, 0.717) is 12.1 Å². The number of benzene rings is 1. The van der Waals surface area contributed by atoms with E-state index >= 15 is 0 Å². The minimum absolute atomic E-state index is 0.489. The van der Waals surface area contributed by atoms with Crippen LogP contribution in [-0.4, -0.2) is 12.6 Å². The summed E-state index contributed by atoms with van der Waals surface area (Å²) in [7, 11) is 0. The standard InChI is InChI=1S/C17H25NO/c1-13-5-4-6-14(10-9-13)18-16-11-12-19-17-8-3-2-7-15(16)17/h2-3,7-8,13-14,16,18H,4-6,9-12H2,1H3. The molecule has 0 saturated heterocycles. The maximum atomic E-state index is 5.74. The molecule has 0 bridgehead atoms. The molecule has 1 aromatic rings. The zero-order valence-corrected chi connectivity index (χ0v) is 11.9. The number of hydrogen-bond donors (Lipinski definition) is 1. The van der Waals surface area contributed by atoms with Gasteiger partial charge >= 0.3 is 0 Å². The van der Waals surface area contributed by atoms with Crippen LogP contribution >= 0.6 is 0 Å². The second kappa shape index (κ2) is 5.96. The van der Waals surface area contributed by atoms with E-state index in [9.17, 15) is 0 Å². The van der Waals surface area contributed by atoms with Crippen LogP contribution in [0.15, 0.2) is 24.3 Å². The summed E-state index contributed by atoms with van der Waals surface area (Å²) < 4.78 is 5.74. The molecule has 2 heteroatoms. The Balaban J connectivity index is 1.67. The van der Waals surface area contributed by atoms with Gasteiger partial charge in [0, 0.05) is 24.1 Å². The molecule has 2 nitrogen and oxygen atoms in total. The molecule has 1 aromatic carbocycles. The first-order valence-corrected chi connectivity index (χ1v) is 7.80. The second-order valence-electron chi connectivity index (χ2n) is 6.20. The molecule has 104 valence electrons. The van der Waals surface area contributed by atoms with Crippen molar-refractivity contribution >= 4 is 0 Å². The molecule has 1 saturated carbocycles. The zero-order valence-electron chi connectivity index (χ0n) is 11.9. The third kappa shape index (κ3) is 3.11. The lowest BCUT2D eigenvalue weighted by Gasteiger charge is -2.30. The lowest BCUT2D eigenvalue weighted by atomic mass is 9.98. The van der Waals surface area contributed by atoms with Crippen LogP contribution in [0.2, 0.25) is 0 Å². The summed E-state index contributed by atoms with van der Waals surface area (Å²) in [5.41, 5.74) is 1.35. The van der Waals surface area contributed by atoms with Gasteiger partial charge in [-0.25, -0.2) is 0 Å². The Morgan fingerprint density at radius 2 is 1.95 bits per heavy atom. The third-order valence-electron chi connectivity index (χ3n) is 4.65. The van der Waals surface area contributed by atoms with E-state index in [1.54, 1.807) is 0 Å². The van der Waals surface area contributed by atoms with Gasteiger partial charge in [0.2, 0.25) is 0 Å². The smallest absolute Gasteiger partial charge is 0.124 e. The quantitative estimate of drug-likeness (QED) is 0.808. The summed E-state index contributed by atoms with van der Waals surface area (Å²) in [6, 6.07) is 9.68. The molecule has 3 atom stereocenters. The highest BCUT2D eigenvalue weighted by molar-refractivity contribution is 5.37. The topological polar surface area (TPSA) is 21.3 Å². The number of para-hydroxylation sites is 1. The predicted molar refractivity (Wildman–Crippen MR) is 78.5 cm³/mol. The van der Waals surface area contributed by atoms with Gasteiger partial charge in [-0.15, -0.1) is 0 Å². The average molecular weight is 259 g/mol. The molecule has 1 fully saturated rings. The summed E-state index contributed by atoms with van der Waals surface area (Å²) >= 11 is 0. The van der Waals surface area contributed by atoms with Crippen LogP contribution in [-0.2, 0) is 0 Å². The molecule has 0 aromatic heterocycles. The number of rotatable bonds is 2. The van der Waals surface area contributed by atoms with Crippen molar-refractivity contribution in [2.45, 2.75) is 57.5 Å². The first-order valence-electron chi connectivity index (χ1n) is 7.80. The van der Waals surface area contributed by atoms with Gasteiger partial charge < -0.3 is 10.1 Å². The van der Waals surface area contributed by atoms with Crippen molar-refractivity contribution in [2.24, 2.45) is 5.92 Å². The minimum atomic E-state index is 0.489. The first kappa shape index (κ1) is 13.0. The molecule has 0 radical (unpaired) electrons. The maximum Gasteiger partial charge on any atom is 0.124 e. The van der Waals surface area contributed by atoms with Crippen molar-refractivity contribution in [3.05, 3.63) is 29.8 Å². The van der Waals surface area contributed by atoms with Crippen LogP contribution < -0.4 is 10.1 Å². The molecule has 1 aliphatic carbocycles. The number of hydrogen-bond acceptors (Lipinski definition) is 2. The molecule has 0 spiro atoms. The van der Waals surface area contributed by atoms with Crippen molar-refractivity contribution < 1.29 is 4.74 Å². The van der Waals surface area contributed by atoms with E-state index in [1.165, 1.54) is 37.7 Å². The van der Waals surface area contributed by atoms with Gasteiger partial charge in [0.25, 0.3) is 0 Å². The fourth-order valence-corrected chi connectivity index (χ4v) is 3.45. The van der Waals surface area contributed by atoms with Crippen LogP contribution in [0.5, 0.6) is 5.75 Å². The highest BCUT2D eigenvalue weighted by Gasteiger charge is 2.24. The monoisotopic (exact) mass is 259 g/mol. The number of ether oxygens (including phenoxy) is 1. The van der Waals surface area contributed by atoms with Gasteiger partial charge in [-0.1, -0.05) is 38.0 Å². The predicted octanol–water partition coefficient (Wildman–Crippen LogP) is 4.07. The Morgan fingerprint density at radius 3 is 2.89 bits per heavy atom. The lowest BCUT2D eigenvalue weighted by molar-refractivity contribution is 0.240. The summed E-state index contributed by atoms with van der Waals surface area (Å²) in [5, 5.41) is 3.89. The van der Waals surface area contributed by atoms with Crippen LogP contribution in [0, 0.1) is 5.92 Å². The highest BCUT2D eigenvalue weighted by atomic mass is 16.5. The van der Waals surface area contributed by atoms with Crippen LogP contribution in [0.3, 0.4) is 0 Å². The zero-order chi connectivity index (χ0) is 13.1. The van der Waals surface area contributed by atoms with Gasteiger partial charge in [0.15, 0.2) is 0 Å². The molecule has 0 amide bonds. The average Bonchev–Trinajstić information content (AvgIpc) is 2.64. The van der Waals surface area contributed by atoms with Crippen molar-refractivity contribution in [1.29, 1.82) is 0 Å². The third-order valence-corrected chi connectivity index (χ3v) is 4.65. The minimum Gasteiger partial charge on any atom is -0.493 e. The van der Waals surface area contributed by atoms with E-state index < -0.39 is 0 Å². The SMILES string of the molecule is CC1CCCC(NC2CCOc3ccccc32)CC1. The largest absolute Gasteiger partial charge is 0.493 e. The Hall–Kier alpha value is -1.02. The van der Waals surface area contributed by atoms with Crippen molar-refractivity contribution in [3.63, 3.8) is 0 Å². The second-order valence-corrected chi connectivity index (χ2v) is 6.20. The van der Waals surface area contributed by atoms with Gasteiger partial charge in [-0.3, -0.25) is 0 Å². The summed E-state index contributed by atoms with van der Waals surface area (Å²) in [4.78, 5) is 0. The summed E-state index contributed by atoms with van der Waals surface area (Å²) in [6.07, 6.45) is 7.93. The first-order chi connectivity index (χ1) is 9.33. The Labute approximate surface area is 116 Å². The molecule has 1 heterocycles. The number of nitrogens with one attached hydrogen (secondary N) is 1. The van der Waals surface area contributed by atoms with Gasteiger partial charge in [-0.2, -0.15) is 0 Å². The highest BCUT2D eigenvalue weighted by Crippen LogP contribution is 2.33. The van der Waals surface area contributed by atoms with E-state index in [0.717, 1.165) is 24.7 Å². The lowest BCUT2D eigenvalue weighted by Crippen LogP contribution is -2.35. The van der Waals surface area contributed by atoms with E-state index in [4.69, 9.17) is 4.74 Å². The normalized spacial score (nSPS) is 31.1. The molecular weight excluding hydrogens is 234 g/mol. The van der Waals surface area contributed by atoms with Gasteiger partial charge in [0.1, 0.15) is 5.75 Å². The maximum absolute atomic E-state index is 5.74. The van der Waals surface area contributed by atoms with Crippen LogP contribution in [0.1, 0.15) is 57.1 Å². The Kier molecular flexibility index (Phi) is 4.07.